The number of nitrogen functional groups attached to an aromatic ring is 1. The molecule has 0 amide bonds. The minimum Gasteiger partial charge on any atom is -0.481 e. The predicted molar refractivity (Wildman–Crippen MR) is 51.4 cm³/mol. The van der Waals surface area contributed by atoms with Gasteiger partial charge in [-0.2, -0.15) is 13.2 Å². The van der Waals surface area contributed by atoms with Crippen molar-refractivity contribution in [2.45, 2.75) is 13.1 Å². The fourth-order valence-electron chi connectivity index (χ4n) is 0.528. The number of halogens is 3. The fraction of sp³-hybridized carbons (Fsp3) is 0.286. The lowest BCUT2D eigenvalue weighted by Crippen LogP contribution is -2.12. The Balaban J connectivity index is 0.000000487. The van der Waals surface area contributed by atoms with Crippen LogP contribution in [-0.4, -0.2) is 21.9 Å². The first-order chi connectivity index (χ1) is 7.14. The third-order valence-corrected chi connectivity index (χ3v) is 1.90. The van der Waals surface area contributed by atoms with Gasteiger partial charge in [0.25, 0.3) is 5.97 Å². The van der Waals surface area contributed by atoms with E-state index in [1.807, 2.05) is 0 Å². The van der Waals surface area contributed by atoms with Crippen LogP contribution in [0.4, 0.5) is 13.2 Å². The summed E-state index contributed by atoms with van der Waals surface area (Å²) >= 11 is 0.704. The lowest BCUT2D eigenvalue weighted by Gasteiger charge is -1.99. The van der Waals surface area contributed by atoms with E-state index in [2.05, 4.69) is 4.98 Å². The highest BCUT2D eigenvalue weighted by molar-refractivity contribution is 7.11. The van der Waals surface area contributed by atoms with Gasteiger partial charge in [0.15, 0.2) is 16.5 Å². The Morgan fingerprint density at radius 1 is 1.62 bits per heavy atom. The van der Waals surface area contributed by atoms with Crippen LogP contribution in [0.5, 0.6) is 0 Å². The van der Waals surface area contributed by atoms with Crippen LogP contribution < -0.4 is 5.73 Å². The molecule has 0 aliphatic rings. The van der Waals surface area contributed by atoms with Crippen molar-refractivity contribution in [2.75, 3.05) is 0 Å². The van der Waals surface area contributed by atoms with Gasteiger partial charge in [-0.05, 0) is 0 Å². The van der Waals surface area contributed by atoms with Gasteiger partial charge in [0.2, 0.25) is 0 Å². The summed E-state index contributed by atoms with van der Waals surface area (Å²) in [6.45, 7) is 1.08. The Hall–Kier alpha value is -1.64. The molecule has 9 heteroatoms. The molecule has 0 saturated carbocycles. The smallest absolute Gasteiger partial charge is 0.434 e. The zero-order valence-electron chi connectivity index (χ0n) is 8.00. The molecule has 4 N–H and O–H groups in total. The minimum atomic E-state index is -4.45. The number of aromatic nitrogens is 1. The highest BCUT2D eigenvalue weighted by Crippen LogP contribution is 2.29. The number of hydrogen-bond acceptors (Lipinski definition) is 4. The molecule has 0 spiro atoms. The molecule has 0 saturated heterocycles. The molecule has 0 unspecified atom stereocenters. The molecule has 90 valence electrons. The van der Waals surface area contributed by atoms with Crippen molar-refractivity contribution < 1.29 is 23.1 Å². The molecular formula is C7H8F3N3O2S. The van der Waals surface area contributed by atoms with Gasteiger partial charge in [0, 0.05) is 12.3 Å². The van der Waals surface area contributed by atoms with Crippen LogP contribution in [0.2, 0.25) is 0 Å². The van der Waals surface area contributed by atoms with Gasteiger partial charge in [-0.25, -0.2) is 4.98 Å². The van der Waals surface area contributed by atoms with E-state index in [-0.39, 0.29) is 5.01 Å². The summed E-state index contributed by atoms with van der Waals surface area (Å²) in [5, 5.41) is 14.9. The number of rotatable bonds is 1. The zero-order chi connectivity index (χ0) is 12.9. The third kappa shape index (κ3) is 5.29. The van der Waals surface area contributed by atoms with Crippen molar-refractivity contribution in [3.05, 3.63) is 16.1 Å². The molecule has 0 fully saturated rings. The number of amidine groups is 1. The van der Waals surface area contributed by atoms with E-state index >= 15 is 0 Å². The highest BCUT2D eigenvalue weighted by atomic mass is 32.1. The quantitative estimate of drug-likeness (QED) is 0.523. The predicted octanol–water partition coefficient (Wildman–Crippen LogP) is 1.54. The average molecular weight is 255 g/mol. The molecule has 0 aliphatic carbocycles. The second kappa shape index (κ2) is 5.45. The molecule has 0 radical (unpaired) electrons. The van der Waals surface area contributed by atoms with E-state index in [0.29, 0.717) is 11.3 Å². The summed E-state index contributed by atoms with van der Waals surface area (Å²) in [6, 6.07) is 0. The van der Waals surface area contributed by atoms with Gasteiger partial charge in [0.1, 0.15) is 0 Å². The average Bonchev–Trinajstić information content (AvgIpc) is 2.48. The van der Waals surface area contributed by atoms with Crippen LogP contribution >= 0.6 is 11.3 Å². The molecule has 16 heavy (non-hydrogen) atoms. The number of hydrogen-bond donors (Lipinski definition) is 3. The molecule has 0 atom stereocenters. The number of nitrogens with one attached hydrogen (secondary N) is 1. The number of aliphatic carboxylic acids is 1. The normalized spacial score (nSPS) is 10.2. The first kappa shape index (κ1) is 14.4. The van der Waals surface area contributed by atoms with Gasteiger partial charge >= 0.3 is 6.18 Å². The van der Waals surface area contributed by atoms with Crippen molar-refractivity contribution in [3.63, 3.8) is 0 Å². The minimum absolute atomic E-state index is 0.109. The van der Waals surface area contributed by atoms with Gasteiger partial charge in [0.05, 0.1) is 0 Å². The fourth-order valence-corrected chi connectivity index (χ4v) is 1.22. The van der Waals surface area contributed by atoms with E-state index < -0.39 is 23.7 Å². The lowest BCUT2D eigenvalue weighted by molar-refractivity contribution is -0.140. The number of carboxylic acids is 1. The summed E-state index contributed by atoms with van der Waals surface area (Å²) in [5.41, 5.74) is 3.93. The van der Waals surface area contributed by atoms with E-state index in [0.717, 1.165) is 12.3 Å². The Morgan fingerprint density at radius 3 is 2.25 bits per heavy atom. The first-order valence-corrected chi connectivity index (χ1v) is 4.59. The number of nitrogens with two attached hydrogens (primary N) is 1. The van der Waals surface area contributed by atoms with Crippen molar-refractivity contribution in [3.8, 4) is 0 Å². The Labute approximate surface area is 92.2 Å². The van der Waals surface area contributed by atoms with Gasteiger partial charge in [-0.1, -0.05) is 0 Å². The van der Waals surface area contributed by atoms with Crippen LogP contribution in [0.25, 0.3) is 0 Å². The second-order valence-electron chi connectivity index (χ2n) is 2.47. The van der Waals surface area contributed by atoms with Gasteiger partial charge < -0.3 is 10.8 Å². The third-order valence-electron chi connectivity index (χ3n) is 1.03. The molecule has 1 aromatic rings. The molecule has 0 aromatic carbocycles. The standard InChI is InChI=1S/C5H4F3N3S.C2H4O2/c6-5(7,8)2-1-12-4(11-2)3(9)10;1-2(3)4/h1H,(H3,9,10);1H3,(H,3,4). The lowest BCUT2D eigenvalue weighted by atomic mass is 10.5. The molecule has 0 bridgehead atoms. The number of nitrogens with zero attached hydrogens (tertiary/aromatic N) is 1. The Kier molecular flexibility index (Phi) is 4.89. The topological polar surface area (TPSA) is 100 Å². The monoisotopic (exact) mass is 255 g/mol. The molecule has 5 nitrogen and oxygen atoms in total. The maximum Gasteiger partial charge on any atom is 0.434 e. The Morgan fingerprint density at radius 2 is 2.06 bits per heavy atom. The van der Waals surface area contributed by atoms with Crippen LogP contribution in [-0.2, 0) is 11.0 Å². The summed E-state index contributed by atoms with van der Waals surface area (Å²) in [4.78, 5) is 12.1. The summed E-state index contributed by atoms with van der Waals surface area (Å²) in [6.07, 6.45) is -4.45. The molecule has 1 aromatic heterocycles. The molecular weight excluding hydrogens is 247 g/mol. The van der Waals surface area contributed by atoms with Crippen molar-refractivity contribution in [1.82, 2.24) is 4.98 Å². The zero-order valence-corrected chi connectivity index (χ0v) is 8.82. The van der Waals surface area contributed by atoms with E-state index in [1.54, 1.807) is 0 Å². The summed E-state index contributed by atoms with van der Waals surface area (Å²) in [5.74, 6) is -1.28. The summed E-state index contributed by atoms with van der Waals surface area (Å²) < 4.78 is 35.7. The van der Waals surface area contributed by atoms with Gasteiger partial charge in [-0.3, -0.25) is 10.2 Å². The molecule has 1 heterocycles. The van der Waals surface area contributed by atoms with Gasteiger partial charge in [-0.15, -0.1) is 11.3 Å². The maximum absolute atomic E-state index is 11.9. The number of carbonyl (C=O) groups is 1. The molecule has 1 rings (SSSR count). The van der Waals surface area contributed by atoms with Crippen molar-refractivity contribution in [1.29, 1.82) is 5.41 Å². The second-order valence-corrected chi connectivity index (χ2v) is 3.33. The number of alkyl halides is 3. The highest BCUT2D eigenvalue weighted by Gasteiger charge is 2.33. The van der Waals surface area contributed by atoms with Crippen LogP contribution in [0.15, 0.2) is 5.38 Å². The SMILES string of the molecule is CC(=O)O.N=C(N)c1nc(C(F)(F)F)cs1. The van der Waals surface area contributed by atoms with E-state index in [9.17, 15) is 13.2 Å². The van der Waals surface area contributed by atoms with E-state index in [1.165, 1.54) is 0 Å². The number of thiazole rings is 1. The van der Waals surface area contributed by atoms with Crippen LogP contribution in [0.3, 0.4) is 0 Å². The van der Waals surface area contributed by atoms with Crippen LogP contribution in [0, 0.1) is 5.41 Å². The largest absolute Gasteiger partial charge is 0.481 e. The van der Waals surface area contributed by atoms with Crippen molar-refractivity contribution in [2.24, 2.45) is 5.73 Å². The maximum atomic E-state index is 11.9. The first-order valence-electron chi connectivity index (χ1n) is 3.71. The molecule has 0 aliphatic heterocycles. The Bertz CT molecular complexity index is 384. The van der Waals surface area contributed by atoms with Crippen LogP contribution in [0.1, 0.15) is 17.6 Å². The number of carboxylic acid groups (broad SMARTS) is 1. The summed E-state index contributed by atoms with van der Waals surface area (Å²) in [7, 11) is 0. The van der Waals surface area contributed by atoms with E-state index in [4.69, 9.17) is 21.0 Å². The van der Waals surface area contributed by atoms with Crippen molar-refractivity contribution >= 4 is 23.1 Å².